The molecule has 0 radical (unpaired) electrons. The third kappa shape index (κ3) is 3.64. The SMILES string of the molecule is CCOC(=O)CCNc1ccc(N)c(N)n1. The van der Waals surface area contributed by atoms with Gasteiger partial charge in [0.2, 0.25) is 0 Å². The predicted molar refractivity (Wildman–Crippen MR) is 62.8 cm³/mol. The van der Waals surface area contributed by atoms with E-state index in [2.05, 4.69) is 10.3 Å². The summed E-state index contributed by atoms with van der Waals surface area (Å²) in [6.45, 7) is 2.62. The first-order chi connectivity index (χ1) is 7.63. The number of hydrogen-bond acceptors (Lipinski definition) is 6. The van der Waals surface area contributed by atoms with Crippen LogP contribution in [0.4, 0.5) is 17.3 Å². The molecule has 88 valence electrons. The van der Waals surface area contributed by atoms with E-state index in [-0.39, 0.29) is 11.8 Å². The number of carbonyl (C=O) groups excluding carboxylic acids is 1. The minimum atomic E-state index is -0.238. The van der Waals surface area contributed by atoms with E-state index < -0.39 is 0 Å². The van der Waals surface area contributed by atoms with Crippen LogP contribution >= 0.6 is 0 Å². The number of hydrogen-bond donors (Lipinski definition) is 3. The van der Waals surface area contributed by atoms with Crippen molar-refractivity contribution in [3.8, 4) is 0 Å². The van der Waals surface area contributed by atoms with Gasteiger partial charge in [0.25, 0.3) is 0 Å². The molecule has 0 bridgehead atoms. The van der Waals surface area contributed by atoms with Crippen molar-refractivity contribution in [3.63, 3.8) is 0 Å². The van der Waals surface area contributed by atoms with Crippen LogP contribution in [0, 0.1) is 0 Å². The van der Waals surface area contributed by atoms with Crippen molar-refractivity contribution in [3.05, 3.63) is 12.1 Å². The molecule has 1 heterocycles. The van der Waals surface area contributed by atoms with E-state index in [1.165, 1.54) is 0 Å². The lowest BCUT2D eigenvalue weighted by Gasteiger charge is -2.06. The van der Waals surface area contributed by atoms with Crippen molar-refractivity contribution in [1.82, 2.24) is 4.98 Å². The number of carbonyl (C=O) groups is 1. The summed E-state index contributed by atoms with van der Waals surface area (Å²) in [5.41, 5.74) is 11.5. The molecule has 1 rings (SSSR count). The Balaban J connectivity index is 2.37. The van der Waals surface area contributed by atoms with E-state index in [4.69, 9.17) is 16.2 Å². The van der Waals surface area contributed by atoms with Crippen LogP contribution in [0.15, 0.2) is 12.1 Å². The zero-order chi connectivity index (χ0) is 12.0. The molecule has 0 saturated carbocycles. The number of rotatable bonds is 5. The van der Waals surface area contributed by atoms with Crippen LogP contribution in [0.1, 0.15) is 13.3 Å². The van der Waals surface area contributed by atoms with E-state index in [0.29, 0.717) is 31.1 Å². The third-order valence-corrected chi connectivity index (χ3v) is 1.90. The van der Waals surface area contributed by atoms with E-state index >= 15 is 0 Å². The van der Waals surface area contributed by atoms with E-state index in [1.54, 1.807) is 19.1 Å². The van der Waals surface area contributed by atoms with Crippen molar-refractivity contribution in [2.24, 2.45) is 0 Å². The molecule has 6 heteroatoms. The molecule has 6 nitrogen and oxygen atoms in total. The van der Waals surface area contributed by atoms with Gasteiger partial charge < -0.3 is 21.5 Å². The number of esters is 1. The Labute approximate surface area is 94.0 Å². The summed E-state index contributed by atoms with van der Waals surface area (Å²) in [4.78, 5) is 15.0. The van der Waals surface area contributed by atoms with Crippen LogP contribution in [0.3, 0.4) is 0 Å². The third-order valence-electron chi connectivity index (χ3n) is 1.90. The van der Waals surface area contributed by atoms with Crippen molar-refractivity contribution < 1.29 is 9.53 Å². The van der Waals surface area contributed by atoms with Gasteiger partial charge in [0.15, 0.2) is 0 Å². The molecule has 0 fully saturated rings. The van der Waals surface area contributed by atoms with E-state index in [1.807, 2.05) is 0 Å². The Bertz CT molecular complexity index is 368. The highest BCUT2D eigenvalue weighted by Crippen LogP contribution is 2.14. The summed E-state index contributed by atoms with van der Waals surface area (Å²) in [7, 11) is 0. The Kier molecular flexibility index (Phi) is 4.38. The maximum absolute atomic E-state index is 11.0. The number of anilines is 3. The van der Waals surface area contributed by atoms with Crippen molar-refractivity contribution >= 4 is 23.3 Å². The van der Waals surface area contributed by atoms with Gasteiger partial charge in [-0.1, -0.05) is 0 Å². The average Bonchev–Trinajstić information content (AvgIpc) is 2.24. The topological polar surface area (TPSA) is 103 Å². The van der Waals surface area contributed by atoms with E-state index in [9.17, 15) is 4.79 Å². The van der Waals surface area contributed by atoms with Gasteiger partial charge in [-0.05, 0) is 19.1 Å². The van der Waals surface area contributed by atoms with Crippen LogP contribution in [0.5, 0.6) is 0 Å². The second kappa shape index (κ2) is 5.79. The minimum Gasteiger partial charge on any atom is -0.466 e. The van der Waals surface area contributed by atoms with Gasteiger partial charge in [-0.3, -0.25) is 4.79 Å². The van der Waals surface area contributed by atoms with E-state index in [0.717, 1.165) is 0 Å². The Hall–Kier alpha value is -1.98. The molecule has 5 N–H and O–H groups in total. The van der Waals surface area contributed by atoms with Gasteiger partial charge in [0, 0.05) is 6.54 Å². The van der Waals surface area contributed by atoms with Crippen LogP contribution in [-0.4, -0.2) is 24.1 Å². The highest BCUT2D eigenvalue weighted by molar-refractivity contribution is 5.70. The monoisotopic (exact) mass is 224 g/mol. The molecule has 0 spiro atoms. The maximum Gasteiger partial charge on any atom is 0.307 e. The summed E-state index contributed by atoms with van der Waals surface area (Å²) < 4.78 is 4.78. The van der Waals surface area contributed by atoms with Crippen molar-refractivity contribution in [2.45, 2.75) is 13.3 Å². The zero-order valence-electron chi connectivity index (χ0n) is 9.19. The highest BCUT2D eigenvalue weighted by Gasteiger charge is 2.02. The largest absolute Gasteiger partial charge is 0.466 e. The molecule has 0 saturated heterocycles. The molecule has 0 aromatic carbocycles. The van der Waals surface area contributed by atoms with Gasteiger partial charge in [-0.15, -0.1) is 0 Å². The quantitative estimate of drug-likeness (QED) is 0.633. The molecule has 0 aliphatic heterocycles. The van der Waals surface area contributed by atoms with Crippen LogP contribution in [-0.2, 0) is 9.53 Å². The maximum atomic E-state index is 11.0. The number of ether oxygens (including phenoxy) is 1. The minimum absolute atomic E-state index is 0.238. The Morgan fingerprint density at radius 2 is 2.25 bits per heavy atom. The average molecular weight is 224 g/mol. The molecule has 16 heavy (non-hydrogen) atoms. The molecule has 1 aromatic rings. The molecule has 0 aliphatic rings. The van der Waals surface area contributed by atoms with Crippen molar-refractivity contribution in [1.29, 1.82) is 0 Å². The summed E-state index contributed by atoms with van der Waals surface area (Å²) in [5.74, 6) is 0.635. The van der Waals surface area contributed by atoms with Gasteiger partial charge in [-0.25, -0.2) is 4.98 Å². The normalized spacial score (nSPS) is 9.81. The lowest BCUT2D eigenvalue weighted by Crippen LogP contribution is -2.12. The fraction of sp³-hybridized carbons (Fsp3) is 0.400. The lowest BCUT2D eigenvalue weighted by molar-refractivity contribution is -0.142. The molecule has 0 unspecified atom stereocenters. The van der Waals surface area contributed by atoms with Gasteiger partial charge >= 0.3 is 5.97 Å². The number of pyridine rings is 1. The lowest BCUT2D eigenvalue weighted by atomic mass is 10.3. The number of nitrogens with one attached hydrogen (secondary N) is 1. The molecule has 0 aliphatic carbocycles. The Morgan fingerprint density at radius 3 is 2.88 bits per heavy atom. The number of nitrogens with zero attached hydrogens (tertiary/aromatic N) is 1. The Morgan fingerprint density at radius 1 is 1.50 bits per heavy atom. The van der Waals surface area contributed by atoms with Crippen molar-refractivity contribution in [2.75, 3.05) is 29.9 Å². The summed E-state index contributed by atoms with van der Waals surface area (Å²) in [6.07, 6.45) is 0.291. The van der Waals surface area contributed by atoms with Crippen LogP contribution < -0.4 is 16.8 Å². The number of aromatic nitrogens is 1. The standard InChI is InChI=1S/C10H16N4O2/c1-2-16-9(15)5-6-13-8-4-3-7(11)10(12)14-8/h3-4H,2,5-6,11H2,1H3,(H3,12,13,14). The second-order valence-electron chi connectivity index (χ2n) is 3.15. The molecule has 1 aromatic heterocycles. The summed E-state index contributed by atoms with van der Waals surface area (Å²) in [6, 6.07) is 3.37. The smallest absolute Gasteiger partial charge is 0.307 e. The molecular formula is C10H16N4O2. The predicted octanol–water partition coefficient (Wildman–Crippen LogP) is 0.611. The van der Waals surface area contributed by atoms with Crippen LogP contribution in [0.25, 0.3) is 0 Å². The molecule has 0 amide bonds. The zero-order valence-corrected chi connectivity index (χ0v) is 9.19. The van der Waals surface area contributed by atoms with Gasteiger partial charge in [-0.2, -0.15) is 0 Å². The number of nitrogens with two attached hydrogens (primary N) is 2. The fourth-order valence-corrected chi connectivity index (χ4v) is 1.11. The fourth-order valence-electron chi connectivity index (χ4n) is 1.11. The first-order valence-electron chi connectivity index (χ1n) is 5.05. The first kappa shape index (κ1) is 12.1. The summed E-state index contributed by atoms with van der Waals surface area (Å²) in [5, 5.41) is 2.95. The van der Waals surface area contributed by atoms with Gasteiger partial charge in [0.1, 0.15) is 11.6 Å². The van der Waals surface area contributed by atoms with Gasteiger partial charge in [0.05, 0.1) is 18.7 Å². The number of nitrogen functional groups attached to an aromatic ring is 2. The highest BCUT2D eigenvalue weighted by atomic mass is 16.5. The summed E-state index contributed by atoms with van der Waals surface area (Å²) >= 11 is 0. The second-order valence-corrected chi connectivity index (χ2v) is 3.15. The van der Waals surface area contributed by atoms with Crippen LogP contribution in [0.2, 0.25) is 0 Å². The molecule has 0 atom stereocenters. The molecular weight excluding hydrogens is 208 g/mol. The first-order valence-corrected chi connectivity index (χ1v) is 5.05.